The number of nitrogens with zero attached hydrogens (tertiary/aromatic N) is 5. The van der Waals surface area contributed by atoms with Gasteiger partial charge in [-0.05, 0) is 19.8 Å². The molecule has 0 bridgehead atoms. The summed E-state index contributed by atoms with van der Waals surface area (Å²) in [5, 5.41) is 0. The van der Waals surface area contributed by atoms with E-state index in [0.717, 1.165) is 56.7 Å². The Labute approximate surface area is 138 Å². The first kappa shape index (κ1) is 16.0. The highest BCUT2D eigenvalue weighted by atomic mass is 16.2. The Balaban J connectivity index is 1.74. The van der Waals surface area contributed by atoms with E-state index in [-0.39, 0.29) is 5.91 Å². The van der Waals surface area contributed by atoms with Crippen LogP contribution in [0.1, 0.15) is 38.3 Å². The van der Waals surface area contributed by atoms with Crippen LogP contribution in [0.25, 0.3) is 0 Å². The van der Waals surface area contributed by atoms with Crippen molar-refractivity contribution in [3.05, 3.63) is 11.8 Å². The van der Waals surface area contributed by atoms with Crippen molar-refractivity contribution < 1.29 is 4.79 Å². The van der Waals surface area contributed by atoms with Gasteiger partial charge in [0.2, 0.25) is 11.9 Å². The molecule has 2 fully saturated rings. The van der Waals surface area contributed by atoms with Crippen molar-refractivity contribution in [1.29, 1.82) is 0 Å². The number of carbonyl (C=O) groups excluding carboxylic acids is 1. The van der Waals surface area contributed by atoms with Crippen LogP contribution >= 0.6 is 0 Å². The molecule has 2 aliphatic rings. The van der Waals surface area contributed by atoms with Crippen LogP contribution in [0.15, 0.2) is 6.07 Å². The minimum atomic E-state index is 0.161. The lowest BCUT2D eigenvalue weighted by molar-refractivity contribution is -0.129. The highest BCUT2D eigenvalue weighted by molar-refractivity contribution is 5.73. The van der Waals surface area contributed by atoms with Crippen LogP contribution in [0.3, 0.4) is 0 Å². The van der Waals surface area contributed by atoms with E-state index in [1.165, 1.54) is 25.7 Å². The van der Waals surface area contributed by atoms with Gasteiger partial charge in [-0.1, -0.05) is 12.8 Å². The molecule has 1 amide bonds. The summed E-state index contributed by atoms with van der Waals surface area (Å²) in [5.74, 6) is 2.03. The molecule has 3 heterocycles. The maximum absolute atomic E-state index is 11.5. The second kappa shape index (κ2) is 7.15. The van der Waals surface area contributed by atoms with Gasteiger partial charge in [-0.3, -0.25) is 4.79 Å². The van der Waals surface area contributed by atoms with E-state index in [0.29, 0.717) is 0 Å². The molecule has 0 radical (unpaired) electrons. The first-order chi connectivity index (χ1) is 11.1. The van der Waals surface area contributed by atoms with E-state index < -0.39 is 0 Å². The van der Waals surface area contributed by atoms with Crippen molar-refractivity contribution in [2.24, 2.45) is 0 Å². The first-order valence-corrected chi connectivity index (χ1v) is 8.74. The quantitative estimate of drug-likeness (QED) is 0.833. The molecule has 1 aromatic rings. The van der Waals surface area contributed by atoms with Gasteiger partial charge in [0.1, 0.15) is 5.82 Å². The molecule has 1 aromatic heterocycles. The van der Waals surface area contributed by atoms with Gasteiger partial charge in [-0.25, -0.2) is 4.98 Å². The average molecular weight is 317 g/mol. The molecule has 0 N–H and O–H groups in total. The number of anilines is 2. The Morgan fingerprint density at radius 2 is 1.57 bits per heavy atom. The number of aryl methyl sites for hydroxylation is 1. The molecule has 0 saturated carbocycles. The molecule has 0 unspecified atom stereocenters. The SMILES string of the molecule is CC(=O)N1CCN(c2cc(C)nc(N3CCCCCC3)n2)CC1. The molecule has 0 aromatic carbocycles. The Hall–Kier alpha value is -1.85. The zero-order valence-corrected chi connectivity index (χ0v) is 14.3. The van der Waals surface area contributed by atoms with Crippen LogP contribution in [0.2, 0.25) is 0 Å². The van der Waals surface area contributed by atoms with Crippen LogP contribution in [0, 0.1) is 6.92 Å². The number of hydrogen-bond acceptors (Lipinski definition) is 5. The van der Waals surface area contributed by atoms with Gasteiger partial charge in [-0.2, -0.15) is 4.98 Å². The zero-order chi connectivity index (χ0) is 16.2. The fourth-order valence-electron chi connectivity index (χ4n) is 3.36. The monoisotopic (exact) mass is 317 g/mol. The van der Waals surface area contributed by atoms with Gasteiger partial charge in [-0.15, -0.1) is 0 Å². The molecule has 3 rings (SSSR count). The molecule has 23 heavy (non-hydrogen) atoms. The topological polar surface area (TPSA) is 52.6 Å². The fraction of sp³-hybridized carbons (Fsp3) is 0.706. The third-order valence-corrected chi connectivity index (χ3v) is 4.77. The van der Waals surface area contributed by atoms with Crippen molar-refractivity contribution in [3.63, 3.8) is 0 Å². The Morgan fingerprint density at radius 1 is 0.913 bits per heavy atom. The minimum absolute atomic E-state index is 0.161. The fourth-order valence-corrected chi connectivity index (χ4v) is 3.36. The van der Waals surface area contributed by atoms with Gasteiger partial charge in [0, 0.05) is 58.0 Å². The maximum atomic E-state index is 11.5. The highest BCUT2D eigenvalue weighted by Gasteiger charge is 2.21. The van der Waals surface area contributed by atoms with E-state index >= 15 is 0 Å². The molecule has 0 spiro atoms. The molecule has 6 nitrogen and oxygen atoms in total. The molecular formula is C17H27N5O. The van der Waals surface area contributed by atoms with Gasteiger partial charge >= 0.3 is 0 Å². The van der Waals surface area contributed by atoms with Gasteiger partial charge in [0.05, 0.1) is 0 Å². The number of amides is 1. The summed E-state index contributed by atoms with van der Waals surface area (Å²) in [5.41, 5.74) is 1.02. The van der Waals surface area contributed by atoms with Crippen molar-refractivity contribution in [2.75, 3.05) is 49.1 Å². The molecule has 2 aliphatic heterocycles. The third-order valence-electron chi connectivity index (χ3n) is 4.77. The lowest BCUT2D eigenvalue weighted by Crippen LogP contribution is -2.48. The second-order valence-electron chi connectivity index (χ2n) is 6.56. The van der Waals surface area contributed by atoms with Crippen molar-refractivity contribution >= 4 is 17.7 Å². The van der Waals surface area contributed by atoms with E-state index in [9.17, 15) is 4.79 Å². The van der Waals surface area contributed by atoms with E-state index in [2.05, 4.69) is 20.9 Å². The van der Waals surface area contributed by atoms with Crippen LogP contribution in [0.5, 0.6) is 0 Å². The first-order valence-electron chi connectivity index (χ1n) is 8.74. The Morgan fingerprint density at radius 3 is 2.17 bits per heavy atom. The summed E-state index contributed by atoms with van der Waals surface area (Å²) in [6.07, 6.45) is 5.07. The highest BCUT2D eigenvalue weighted by Crippen LogP contribution is 2.21. The lowest BCUT2D eigenvalue weighted by atomic mass is 10.2. The van der Waals surface area contributed by atoms with Crippen LogP contribution < -0.4 is 9.80 Å². The third kappa shape index (κ3) is 3.92. The van der Waals surface area contributed by atoms with Crippen molar-refractivity contribution in [1.82, 2.24) is 14.9 Å². The summed E-state index contributed by atoms with van der Waals surface area (Å²) < 4.78 is 0. The lowest BCUT2D eigenvalue weighted by Gasteiger charge is -2.35. The smallest absolute Gasteiger partial charge is 0.227 e. The standard InChI is InChI=1S/C17H27N5O/c1-14-13-16(21-11-9-20(10-12-21)15(2)23)19-17(18-14)22-7-5-3-4-6-8-22/h13H,3-12H2,1-2H3. The maximum Gasteiger partial charge on any atom is 0.227 e. The second-order valence-corrected chi connectivity index (χ2v) is 6.56. The van der Waals surface area contributed by atoms with Gasteiger partial charge in [0.15, 0.2) is 0 Å². The summed E-state index contributed by atoms with van der Waals surface area (Å²) >= 11 is 0. The Bertz CT molecular complexity index is 546. The predicted octanol–water partition coefficient (Wildman–Crippen LogP) is 1.83. The molecule has 0 aliphatic carbocycles. The minimum Gasteiger partial charge on any atom is -0.353 e. The molecule has 6 heteroatoms. The van der Waals surface area contributed by atoms with Crippen LogP contribution in [0.4, 0.5) is 11.8 Å². The predicted molar refractivity (Wildman–Crippen MR) is 91.9 cm³/mol. The van der Waals surface area contributed by atoms with Crippen molar-refractivity contribution in [3.8, 4) is 0 Å². The van der Waals surface area contributed by atoms with Crippen LogP contribution in [-0.2, 0) is 4.79 Å². The zero-order valence-electron chi connectivity index (χ0n) is 14.3. The molecule has 126 valence electrons. The summed E-state index contributed by atoms with van der Waals surface area (Å²) in [6.45, 7) is 9.03. The molecule has 2 saturated heterocycles. The molecule has 0 atom stereocenters. The van der Waals surface area contributed by atoms with Gasteiger partial charge in [0.25, 0.3) is 0 Å². The van der Waals surface area contributed by atoms with Crippen LogP contribution in [-0.4, -0.2) is 60.0 Å². The number of carbonyl (C=O) groups is 1. The summed E-state index contributed by atoms with van der Waals surface area (Å²) in [6, 6.07) is 2.06. The van der Waals surface area contributed by atoms with Gasteiger partial charge < -0.3 is 14.7 Å². The Kier molecular flexibility index (Phi) is 4.98. The number of piperazine rings is 1. The summed E-state index contributed by atoms with van der Waals surface area (Å²) in [4.78, 5) is 27.5. The van der Waals surface area contributed by atoms with Crippen molar-refractivity contribution in [2.45, 2.75) is 39.5 Å². The molecular weight excluding hydrogens is 290 g/mol. The average Bonchev–Trinajstić information content (AvgIpc) is 2.83. The number of rotatable bonds is 2. The van der Waals surface area contributed by atoms with E-state index in [1.54, 1.807) is 6.92 Å². The normalized spacial score (nSPS) is 19.7. The number of hydrogen-bond donors (Lipinski definition) is 0. The van der Waals surface area contributed by atoms with E-state index in [4.69, 9.17) is 4.98 Å². The number of aromatic nitrogens is 2. The van der Waals surface area contributed by atoms with E-state index in [1.807, 2.05) is 11.8 Å². The summed E-state index contributed by atoms with van der Waals surface area (Å²) in [7, 11) is 0. The largest absolute Gasteiger partial charge is 0.353 e.